The number of nitrogens with zero attached hydrogens (tertiary/aromatic N) is 1. The van der Waals surface area contributed by atoms with Crippen LogP contribution in [0.4, 0.5) is 58.4 Å². The van der Waals surface area contributed by atoms with Crippen molar-refractivity contribution >= 4 is 17.5 Å². The average molecular weight is 503 g/mol. The van der Waals surface area contributed by atoms with Crippen molar-refractivity contribution in [3.8, 4) is 5.75 Å². The number of halogens is 12. The maximum atomic E-state index is 13.7. The molecule has 1 aliphatic rings. The summed E-state index contributed by atoms with van der Waals surface area (Å²) >= 11 is 0. The number of benzene rings is 1. The Kier molecular flexibility index (Phi) is 6.48. The first-order chi connectivity index (χ1) is 14.8. The summed E-state index contributed by atoms with van der Waals surface area (Å²) in [6.45, 7) is -2.77. The third-order valence-electron chi connectivity index (χ3n) is 4.27. The third-order valence-corrected chi connectivity index (χ3v) is 4.27. The van der Waals surface area contributed by atoms with E-state index < -0.39 is 60.2 Å². The summed E-state index contributed by atoms with van der Waals surface area (Å²) in [5.41, 5.74) is -0.153. The van der Waals surface area contributed by atoms with Gasteiger partial charge in [-0.2, -0.15) is 43.9 Å². The summed E-state index contributed by atoms with van der Waals surface area (Å²) in [4.78, 5) is 23.6. The Morgan fingerprint density at radius 1 is 0.727 bits per heavy atom. The number of hydrogen-bond donors (Lipinski definition) is 0. The predicted octanol–water partition coefficient (Wildman–Crippen LogP) is 4.94. The normalized spacial score (nSPS) is 16.2. The van der Waals surface area contributed by atoms with Crippen molar-refractivity contribution in [2.45, 2.75) is 36.0 Å². The van der Waals surface area contributed by atoms with Crippen LogP contribution in [-0.2, 0) is 9.59 Å². The maximum Gasteiger partial charge on any atom is 0.384 e. The molecule has 0 saturated heterocycles. The largest absolute Gasteiger partial charge is 0.487 e. The minimum Gasteiger partial charge on any atom is -0.487 e. The molecule has 2 rings (SSSR count). The van der Waals surface area contributed by atoms with Crippen molar-refractivity contribution in [3.05, 3.63) is 36.4 Å². The number of ether oxygens (including phenoxy) is 1. The number of rotatable bonds is 9. The van der Waals surface area contributed by atoms with E-state index >= 15 is 0 Å². The second kappa shape index (κ2) is 8.13. The number of anilines is 1. The van der Waals surface area contributed by atoms with Crippen LogP contribution in [0.3, 0.4) is 0 Å². The predicted molar refractivity (Wildman–Crippen MR) is 84.3 cm³/mol. The molecule has 0 spiro atoms. The molecule has 0 radical (unpaired) electrons. The van der Waals surface area contributed by atoms with Gasteiger partial charge in [-0.3, -0.25) is 9.59 Å². The SMILES string of the molecule is O=C1C=CC(=O)N1c1ccc(OCC(F)(F)C(F)(F)C(F)(F)C(F)(F)C(F)(F)C(F)F)cc1. The fourth-order valence-electron chi connectivity index (χ4n) is 2.38. The van der Waals surface area contributed by atoms with Gasteiger partial charge in [0, 0.05) is 12.2 Å². The van der Waals surface area contributed by atoms with Crippen LogP contribution in [0.15, 0.2) is 36.4 Å². The van der Waals surface area contributed by atoms with E-state index in [1.54, 1.807) is 0 Å². The monoisotopic (exact) mass is 503 g/mol. The van der Waals surface area contributed by atoms with Crippen molar-refractivity contribution in [2.75, 3.05) is 11.5 Å². The van der Waals surface area contributed by atoms with Gasteiger partial charge in [0.05, 0.1) is 5.69 Å². The van der Waals surface area contributed by atoms with Gasteiger partial charge >= 0.3 is 36.0 Å². The van der Waals surface area contributed by atoms with E-state index in [4.69, 9.17) is 0 Å². The number of alkyl halides is 12. The molecule has 1 aromatic carbocycles. The third kappa shape index (κ3) is 4.10. The van der Waals surface area contributed by atoms with Crippen LogP contribution in [-0.4, -0.2) is 54.5 Å². The molecule has 1 heterocycles. The summed E-state index contributed by atoms with van der Waals surface area (Å²) in [7, 11) is 0. The lowest BCUT2D eigenvalue weighted by molar-refractivity contribution is -0.414. The van der Waals surface area contributed by atoms with Gasteiger partial charge in [0.15, 0.2) is 6.61 Å². The molecule has 0 aliphatic carbocycles. The van der Waals surface area contributed by atoms with Crippen LogP contribution >= 0.6 is 0 Å². The molecule has 1 aromatic rings. The molecule has 0 fully saturated rings. The maximum absolute atomic E-state index is 13.7. The molecule has 0 saturated carbocycles. The van der Waals surface area contributed by atoms with Crippen LogP contribution in [0.5, 0.6) is 5.75 Å². The minimum absolute atomic E-state index is 0.153. The highest BCUT2D eigenvalue weighted by atomic mass is 19.4. The zero-order chi connectivity index (χ0) is 25.6. The number of imide groups is 1. The van der Waals surface area contributed by atoms with Crippen LogP contribution in [0, 0.1) is 0 Å². The molecule has 0 atom stereocenters. The Hall–Kier alpha value is -2.94. The molecule has 0 bridgehead atoms. The topological polar surface area (TPSA) is 46.6 Å². The van der Waals surface area contributed by atoms with E-state index in [1.807, 2.05) is 0 Å². The number of carbonyl (C=O) groups excluding carboxylic acids is 2. The Morgan fingerprint density at radius 3 is 1.61 bits per heavy atom. The highest BCUT2D eigenvalue weighted by Crippen LogP contribution is 2.58. The highest BCUT2D eigenvalue weighted by molar-refractivity contribution is 6.28. The van der Waals surface area contributed by atoms with Crippen molar-refractivity contribution in [1.82, 2.24) is 0 Å². The molecule has 33 heavy (non-hydrogen) atoms. The van der Waals surface area contributed by atoms with Crippen LogP contribution < -0.4 is 9.64 Å². The van der Waals surface area contributed by atoms with E-state index in [-0.39, 0.29) is 5.69 Å². The van der Waals surface area contributed by atoms with Crippen LogP contribution in [0.25, 0.3) is 0 Å². The first-order valence-corrected chi connectivity index (χ1v) is 8.27. The minimum atomic E-state index is -7.64. The standard InChI is InChI=1S/C17H9F12NO3/c18-12(19)14(22,23)16(26,27)17(28,29)15(24,25)13(20,21)7-33-9-3-1-8(2-4-9)30-10(31)5-6-11(30)32/h1-6,12H,7H2. The Bertz CT molecular complexity index is 925. The second-order valence-corrected chi connectivity index (χ2v) is 6.48. The van der Waals surface area contributed by atoms with Crippen molar-refractivity contribution in [2.24, 2.45) is 0 Å². The fourth-order valence-corrected chi connectivity index (χ4v) is 2.38. The number of hydrogen-bond acceptors (Lipinski definition) is 3. The summed E-state index contributed by atoms with van der Waals surface area (Å²) in [5, 5.41) is 0. The van der Waals surface area contributed by atoms with Crippen LogP contribution in [0.2, 0.25) is 0 Å². The Balaban J connectivity index is 2.22. The molecule has 16 heteroatoms. The van der Waals surface area contributed by atoms with Crippen molar-refractivity contribution in [1.29, 1.82) is 0 Å². The van der Waals surface area contributed by atoms with E-state index in [0.717, 1.165) is 24.3 Å². The van der Waals surface area contributed by atoms with E-state index in [2.05, 4.69) is 4.74 Å². The van der Waals surface area contributed by atoms with Gasteiger partial charge in [-0.25, -0.2) is 13.7 Å². The zero-order valence-corrected chi connectivity index (χ0v) is 15.5. The molecular formula is C17H9F12NO3. The zero-order valence-electron chi connectivity index (χ0n) is 15.5. The lowest BCUT2D eigenvalue weighted by Crippen LogP contribution is -2.69. The van der Waals surface area contributed by atoms with Gasteiger partial charge in [0.1, 0.15) is 5.75 Å². The fraction of sp³-hybridized carbons (Fsp3) is 0.412. The average Bonchev–Trinajstić information content (AvgIpc) is 3.04. The second-order valence-electron chi connectivity index (χ2n) is 6.48. The molecule has 0 aromatic heterocycles. The lowest BCUT2D eigenvalue weighted by atomic mass is 9.94. The highest BCUT2D eigenvalue weighted by Gasteiger charge is 2.87. The van der Waals surface area contributed by atoms with Crippen LogP contribution in [0.1, 0.15) is 0 Å². The van der Waals surface area contributed by atoms with Gasteiger partial charge in [-0.15, -0.1) is 0 Å². The van der Waals surface area contributed by atoms with Gasteiger partial charge < -0.3 is 4.74 Å². The Morgan fingerprint density at radius 2 is 1.18 bits per heavy atom. The summed E-state index contributed by atoms with van der Waals surface area (Å²) < 4.78 is 162. The first-order valence-electron chi connectivity index (χ1n) is 8.27. The molecule has 1 aliphatic heterocycles. The number of amides is 2. The summed E-state index contributed by atoms with van der Waals surface area (Å²) in [5.74, 6) is -38.2. The first kappa shape index (κ1) is 26.3. The van der Waals surface area contributed by atoms with E-state index in [1.165, 1.54) is 0 Å². The van der Waals surface area contributed by atoms with E-state index in [0.29, 0.717) is 17.0 Å². The van der Waals surface area contributed by atoms with Gasteiger partial charge in [0.25, 0.3) is 11.8 Å². The molecule has 2 amide bonds. The molecule has 0 N–H and O–H groups in total. The molecular weight excluding hydrogens is 494 g/mol. The van der Waals surface area contributed by atoms with Gasteiger partial charge in [-0.1, -0.05) is 0 Å². The van der Waals surface area contributed by atoms with Gasteiger partial charge in [-0.05, 0) is 24.3 Å². The van der Waals surface area contributed by atoms with Crippen molar-refractivity contribution in [3.63, 3.8) is 0 Å². The molecule has 4 nitrogen and oxygen atoms in total. The van der Waals surface area contributed by atoms with Gasteiger partial charge in [0.2, 0.25) is 0 Å². The lowest BCUT2D eigenvalue weighted by Gasteiger charge is -2.39. The summed E-state index contributed by atoms with van der Waals surface area (Å²) in [6, 6.07) is 3.14. The number of carbonyl (C=O) groups is 2. The molecule has 0 unspecified atom stereocenters. The quantitative estimate of drug-likeness (QED) is 0.355. The molecule has 184 valence electrons. The summed E-state index contributed by atoms with van der Waals surface area (Å²) in [6.07, 6.45) is -3.83. The van der Waals surface area contributed by atoms with E-state index in [9.17, 15) is 62.3 Å². The smallest absolute Gasteiger partial charge is 0.384 e. The Labute approximate surface area is 175 Å². The van der Waals surface area contributed by atoms with Crippen molar-refractivity contribution < 1.29 is 67.0 Å².